The highest BCUT2D eigenvalue weighted by atomic mass is 32.2. The molecule has 1 fully saturated rings. The number of aromatic nitrogens is 2. The van der Waals surface area contributed by atoms with Crippen molar-refractivity contribution in [3.8, 4) is 0 Å². The lowest BCUT2D eigenvalue weighted by Crippen LogP contribution is -2.47. The fourth-order valence-electron chi connectivity index (χ4n) is 2.60. The number of rotatable bonds is 5. The van der Waals surface area contributed by atoms with Crippen molar-refractivity contribution in [3.63, 3.8) is 0 Å². The maximum atomic E-state index is 12.6. The first-order valence-corrected chi connectivity index (χ1v) is 9.64. The van der Waals surface area contributed by atoms with E-state index >= 15 is 0 Å². The molecule has 0 saturated carbocycles. The van der Waals surface area contributed by atoms with Crippen LogP contribution in [0.25, 0.3) is 10.2 Å². The predicted octanol–water partition coefficient (Wildman–Crippen LogP) is 1.51. The van der Waals surface area contributed by atoms with Gasteiger partial charge in [-0.1, -0.05) is 17.8 Å². The molecule has 2 aromatic rings. The molecule has 0 aromatic carbocycles. The number of likely N-dealkylation sites (N-methyl/N-ethyl adjacent to an activating group) is 1. The van der Waals surface area contributed by atoms with Gasteiger partial charge in [-0.2, -0.15) is 0 Å². The van der Waals surface area contributed by atoms with Gasteiger partial charge in [0, 0.05) is 32.7 Å². The minimum absolute atomic E-state index is 0.0734. The summed E-state index contributed by atoms with van der Waals surface area (Å²) in [6.45, 7) is 7.41. The van der Waals surface area contributed by atoms with E-state index in [0.29, 0.717) is 22.8 Å². The minimum Gasteiger partial charge on any atom is -0.339 e. The minimum atomic E-state index is -0.0734. The Hall–Kier alpha value is -1.64. The van der Waals surface area contributed by atoms with Crippen LogP contribution in [-0.2, 0) is 11.3 Å². The number of amides is 1. The number of nitrogens with zero attached hydrogens (tertiary/aromatic N) is 4. The van der Waals surface area contributed by atoms with Gasteiger partial charge in [0.05, 0.1) is 11.1 Å². The van der Waals surface area contributed by atoms with Crippen LogP contribution in [0.1, 0.15) is 0 Å². The molecule has 1 aliphatic rings. The molecular weight excluding hydrogens is 344 g/mol. The highest BCUT2D eigenvalue weighted by Crippen LogP contribution is 2.21. The molecule has 24 heavy (non-hydrogen) atoms. The van der Waals surface area contributed by atoms with Crippen molar-refractivity contribution in [1.29, 1.82) is 0 Å². The molecule has 0 spiro atoms. The second-order valence-corrected chi connectivity index (χ2v) is 7.55. The lowest BCUT2D eigenvalue weighted by atomic mass is 10.3. The summed E-state index contributed by atoms with van der Waals surface area (Å²) in [5, 5.41) is 3.06. The second kappa shape index (κ2) is 7.50. The fraction of sp³-hybridized carbons (Fsp3) is 0.438. The first-order chi connectivity index (χ1) is 11.6. The van der Waals surface area contributed by atoms with Crippen LogP contribution in [0.3, 0.4) is 0 Å². The Morgan fingerprint density at radius 3 is 2.88 bits per heavy atom. The summed E-state index contributed by atoms with van der Waals surface area (Å²) in [7, 11) is 2.06. The van der Waals surface area contributed by atoms with Crippen LogP contribution in [0.5, 0.6) is 0 Å². The molecule has 2 aromatic heterocycles. The fourth-order valence-corrected chi connectivity index (χ4v) is 4.32. The van der Waals surface area contributed by atoms with Crippen molar-refractivity contribution < 1.29 is 4.79 Å². The van der Waals surface area contributed by atoms with Crippen LogP contribution in [0.4, 0.5) is 0 Å². The van der Waals surface area contributed by atoms with E-state index in [-0.39, 0.29) is 11.5 Å². The lowest BCUT2D eigenvalue weighted by Gasteiger charge is -2.32. The third-order valence-electron chi connectivity index (χ3n) is 4.04. The van der Waals surface area contributed by atoms with E-state index < -0.39 is 0 Å². The molecule has 1 aliphatic heterocycles. The van der Waals surface area contributed by atoms with Gasteiger partial charge in [0.1, 0.15) is 4.83 Å². The average molecular weight is 364 g/mol. The predicted molar refractivity (Wildman–Crippen MR) is 98.9 cm³/mol. The zero-order valence-electron chi connectivity index (χ0n) is 13.6. The van der Waals surface area contributed by atoms with E-state index in [1.165, 1.54) is 23.1 Å². The number of piperazine rings is 1. The number of thioether (sulfide) groups is 1. The Balaban J connectivity index is 1.76. The monoisotopic (exact) mass is 364 g/mol. The van der Waals surface area contributed by atoms with Gasteiger partial charge in [0.25, 0.3) is 5.56 Å². The first kappa shape index (κ1) is 17.2. The first-order valence-electron chi connectivity index (χ1n) is 7.78. The van der Waals surface area contributed by atoms with E-state index in [2.05, 4.69) is 23.5 Å². The van der Waals surface area contributed by atoms with Crippen molar-refractivity contribution in [2.45, 2.75) is 11.7 Å². The molecule has 0 radical (unpaired) electrons. The summed E-state index contributed by atoms with van der Waals surface area (Å²) in [6, 6.07) is 1.79. The number of carbonyl (C=O) groups is 1. The Labute approximate surface area is 148 Å². The molecule has 0 aliphatic carbocycles. The topological polar surface area (TPSA) is 58.4 Å². The van der Waals surface area contributed by atoms with Crippen molar-refractivity contribution in [2.75, 3.05) is 39.0 Å². The molecular formula is C16H20N4O2S2. The Kier molecular flexibility index (Phi) is 5.37. The smallest absolute Gasteiger partial charge is 0.263 e. The van der Waals surface area contributed by atoms with Gasteiger partial charge < -0.3 is 9.80 Å². The summed E-state index contributed by atoms with van der Waals surface area (Å²) >= 11 is 2.77. The molecule has 3 heterocycles. The van der Waals surface area contributed by atoms with E-state index in [4.69, 9.17) is 0 Å². The van der Waals surface area contributed by atoms with Crippen LogP contribution >= 0.6 is 23.1 Å². The van der Waals surface area contributed by atoms with Crippen molar-refractivity contribution >= 4 is 39.2 Å². The molecule has 1 saturated heterocycles. The molecule has 0 bridgehead atoms. The number of carbonyl (C=O) groups excluding carboxylic acids is 1. The van der Waals surface area contributed by atoms with E-state index in [1.807, 2.05) is 10.3 Å². The largest absolute Gasteiger partial charge is 0.339 e. The highest BCUT2D eigenvalue weighted by Gasteiger charge is 2.20. The molecule has 3 rings (SSSR count). The number of hydrogen-bond donors (Lipinski definition) is 0. The summed E-state index contributed by atoms with van der Waals surface area (Å²) in [4.78, 5) is 34.3. The van der Waals surface area contributed by atoms with Crippen LogP contribution in [0, 0.1) is 0 Å². The lowest BCUT2D eigenvalue weighted by molar-refractivity contribution is -0.129. The molecule has 8 heteroatoms. The van der Waals surface area contributed by atoms with Crippen molar-refractivity contribution in [3.05, 3.63) is 34.5 Å². The van der Waals surface area contributed by atoms with Crippen LogP contribution in [0.2, 0.25) is 0 Å². The van der Waals surface area contributed by atoms with Gasteiger partial charge >= 0.3 is 0 Å². The summed E-state index contributed by atoms with van der Waals surface area (Å²) in [6.07, 6.45) is 1.67. The Morgan fingerprint density at radius 2 is 2.17 bits per heavy atom. The van der Waals surface area contributed by atoms with Gasteiger partial charge in [-0.05, 0) is 18.5 Å². The number of hydrogen-bond acceptors (Lipinski definition) is 6. The van der Waals surface area contributed by atoms with Gasteiger partial charge in [-0.25, -0.2) is 4.98 Å². The number of allylic oxidation sites excluding steroid dienone is 1. The summed E-state index contributed by atoms with van der Waals surface area (Å²) in [5.74, 6) is 0.392. The van der Waals surface area contributed by atoms with Crippen molar-refractivity contribution in [1.82, 2.24) is 19.4 Å². The van der Waals surface area contributed by atoms with Crippen molar-refractivity contribution in [2.24, 2.45) is 0 Å². The normalized spacial score (nSPS) is 15.8. The highest BCUT2D eigenvalue weighted by molar-refractivity contribution is 7.99. The zero-order valence-corrected chi connectivity index (χ0v) is 15.2. The molecule has 6 nitrogen and oxygen atoms in total. The second-order valence-electron chi connectivity index (χ2n) is 5.71. The Bertz CT molecular complexity index is 806. The third kappa shape index (κ3) is 3.55. The van der Waals surface area contributed by atoms with E-state index in [0.717, 1.165) is 31.0 Å². The standard InChI is InChI=1S/C16H20N4O2S2/c1-3-5-20-15(22)12-4-10-23-14(12)17-16(20)24-11-13(21)19-8-6-18(2)7-9-19/h3-4,10H,1,5-9,11H2,2H3. The molecule has 128 valence electrons. The van der Waals surface area contributed by atoms with E-state index in [1.54, 1.807) is 16.7 Å². The maximum Gasteiger partial charge on any atom is 0.263 e. The van der Waals surface area contributed by atoms with Gasteiger partial charge in [0.2, 0.25) is 5.91 Å². The van der Waals surface area contributed by atoms with Gasteiger partial charge in [0.15, 0.2) is 5.16 Å². The van der Waals surface area contributed by atoms with Crippen LogP contribution in [-0.4, -0.2) is 64.2 Å². The van der Waals surface area contributed by atoms with Crippen LogP contribution < -0.4 is 5.56 Å². The molecule has 0 N–H and O–H groups in total. The van der Waals surface area contributed by atoms with Gasteiger partial charge in [-0.3, -0.25) is 14.2 Å². The quantitative estimate of drug-likeness (QED) is 0.457. The van der Waals surface area contributed by atoms with E-state index in [9.17, 15) is 9.59 Å². The SMILES string of the molecule is C=CCn1c(SCC(=O)N2CCN(C)CC2)nc2sccc2c1=O. The maximum absolute atomic E-state index is 12.6. The molecule has 1 amide bonds. The zero-order chi connectivity index (χ0) is 17.1. The number of thiophene rings is 1. The average Bonchev–Trinajstić information content (AvgIpc) is 3.05. The molecule has 0 atom stereocenters. The number of fused-ring (bicyclic) bond motifs is 1. The summed E-state index contributed by atoms with van der Waals surface area (Å²) < 4.78 is 1.59. The summed E-state index contributed by atoms with van der Waals surface area (Å²) in [5.41, 5.74) is -0.0734. The third-order valence-corrected chi connectivity index (χ3v) is 5.81. The van der Waals surface area contributed by atoms with Gasteiger partial charge in [-0.15, -0.1) is 17.9 Å². The molecule has 0 unspecified atom stereocenters. The Morgan fingerprint density at radius 1 is 1.42 bits per heavy atom. The van der Waals surface area contributed by atoms with Crippen LogP contribution in [0.15, 0.2) is 34.1 Å².